The van der Waals surface area contributed by atoms with E-state index in [0.29, 0.717) is 31.8 Å². The number of urea groups is 1. The van der Waals surface area contributed by atoms with E-state index >= 15 is 0 Å². The fourth-order valence-corrected chi connectivity index (χ4v) is 3.40. The third-order valence-corrected chi connectivity index (χ3v) is 6.07. The van der Waals surface area contributed by atoms with Gasteiger partial charge in [0.15, 0.2) is 0 Å². The Morgan fingerprint density at radius 1 is 0.889 bits per heavy atom. The molecule has 0 saturated heterocycles. The van der Waals surface area contributed by atoms with Gasteiger partial charge in [0.2, 0.25) is 0 Å². The van der Waals surface area contributed by atoms with Gasteiger partial charge >= 0.3 is 76.8 Å². The van der Waals surface area contributed by atoms with Gasteiger partial charge in [-0.2, -0.15) is 0 Å². The van der Waals surface area contributed by atoms with Gasteiger partial charge in [-0.3, -0.25) is 5.43 Å². The van der Waals surface area contributed by atoms with Crippen LogP contribution in [0.5, 0.6) is 0 Å². The van der Waals surface area contributed by atoms with Crippen LogP contribution in [0.1, 0.15) is 5.56 Å². The van der Waals surface area contributed by atoms with Crippen LogP contribution in [0.4, 0.5) is 16.2 Å². The van der Waals surface area contributed by atoms with Crippen molar-refractivity contribution in [3.63, 3.8) is 0 Å². The van der Waals surface area contributed by atoms with Gasteiger partial charge in [-0.05, 0) is 24.3 Å². The summed E-state index contributed by atoms with van der Waals surface area (Å²) in [7, 11) is 0. The molecule has 3 aromatic rings. The Hall–Kier alpha value is -2.57. The number of amides is 2. The number of aliphatic hydroxyl groups is 1. The number of carbonyl (C=O) groups excluding carboxylic acids is 1. The van der Waals surface area contributed by atoms with Gasteiger partial charge < -0.3 is 0 Å². The van der Waals surface area contributed by atoms with Gasteiger partial charge in [-0.15, -0.1) is 5.11 Å². The maximum atomic E-state index is 11.4. The van der Waals surface area contributed by atoms with Crippen molar-refractivity contribution in [1.29, 1.82) is 0 Å². The van der Waals surface area contributed by atoms with Gasteiger partial charge in [0.1, 0.15) is 0 Å². The Morgan fingerprint density at radius 2 is 1.48 bits per heavy atom. The monoisotopic (exact) mass is 549 g/mol. The number of hydrogen-bond donors (Lipinski definition) is 3. The van der Waals surface area contributed by atoms with Crippen molar-refractivity contribution in [2.75, 3.05) is 5.43 Å². The number of azo groups is 1. The zero-order chi connectivity index (χ0) is 19.3. The molecule has 0 heterocycles. The summed E-state index contributed by atoms with van der Waals surface area (Å²) in [5.41, 5.74) is 7.66. The number of hydrazine groups is 1. The Kier molecular flexibility index (Phi) is 9.16. The summed E-state index contributed by atoms with van der Waals surface area (Å²) >= 11 is 0.639. The van der Waals surface area contributed by atoms with E-state index in [9.17, 15) is 4.79 Å². The van der Waals surface area contributed by atoms with E-state index in [2.05, 4.69) is 27.1 Å². The molecule has 3 rings (SSSR count). The Morgan fingerprint density at radius 3 is 2.07 bits per heavy atom. The first kappa shape index (κ1) is 20.7. The topological polar surface area (TPSA) is 86.1 Å². The second-order valence-corrected chi connectivity index (χ2v) is 8.35. The molecule has 0 unspecified atom stereocenters. The molecule has 3 N–H and O–H groups in total. The van der Waals surface area contributed by atoms with Crippen LogP contribution < -0.4 is 13.9 Å². The van der Waals surface area contributed by atoms with Gasteiger partial charge in [-0.1, -0.05) is 41.5 Å². The molecular weight excluding hydrogens is 529 g/mol. The molecule has 0 aliphatic carbocycles. The fraction of sp³-hybridized carbons (Fsp3) is 0.0500. The summed E-state index contributed by atoms with van der Waals surface area (Å²) in [5.74, 6) is 0. The maximum absolute atomic E-state index is 11.4. The summed E-state index contributed by atoms with van der Waals surface area (Å²) in [6, 6.07) is 25.8. The van der Waals surface area contributed by atoms with Crippen LogP contribution in [0.25, 0.3) is 0 Å². The fourth-order valence-electron chi connectivity index (χ4n) is 1.98. The number of hydrogen-bond acceptors (Lipinski definition) is 4. The quantitative estimate of drug-likeness (QED) is 0.263. The molecule has 0 aliphatic heterocycles. The van der Waals surface area contributed by atoms with Crippen molar-refractivity contribution in [3.05, 3.63) is 90.5 Å². The first-order valence-electron chi connectivity index (χ1n) is 8.27. The molecule has 0 spiro atoms. The van der Waals surface area contributed by atoms with Gasteiger partial charge in [0.25, 0.3) is 0 Å². The second kappa shape index (κ2) is 11.9. The van der Waals surface area contributed by atoms with E-state index in [0.717, 1.165) is 11.3 Å². The standard InChI is InChI=1S/C13H12N4O.C7H7O.Hg/c18-13(16-14-11-7-3-1-4-8-11)17-15-12-9-5-2-6-10-12;8-6-7-4-2-1-3-5-7;/h1-10,14H,(H,16,18);1-4,8H,6H2;. The average molecular weight is 548 g/mol. The van der Waals surface area contributed by atoms with Crippen LogP contribution >= 0.6 is 0 Å². The predicted octanol–water partition coefficient (Wildman–Crippen LogP) is 3.86. The van der Waals surface area contributed by atoms with Crippen LogP contribution in [0.2, 0.25) is 0 Å². The van der Waals surface area contributed by atoms with Gasteiger partial charge in [0, 0.05) is 0 Å². The summed E-state index contributed by atoms with van der Waals surface area (Å²) < 4.78 is 1.35. The number of carbonyl (C=O) groups is 1. The van der Waals surface area contributed by atoms with Crippen molar-refractivity contribution in [2.45, 2.75) is 6.61 Å². The Labute approximate surface area is 174 Å². The molecule has 0 fully saturated rings. The second-order valence-electron chi connectivity index (χ2n) is 5.38. The van der Waals surface area contributed by atoms with Gasteiger partial charge in [0.05, 0.1) is 11.4 Å². The third kappa shape index (κ3) is 8.10. The van der Waals surface area contributed by atoms with Crippen molar-refractivity contribution in [3.8, 4) is 0 Å². The molecule has 0 aliphatic rings. The zero-order valence-electron chi connectivity index (χ0n) is 14.7. The number of benzene rings is 3. The normalized spacial score (nSPS) is 10.0. The van der Waals surface area contributed by atoms with Crippen molar-refractivity contribution >= 4 is 20.5 Å². The van der Waals surface area contributed by atoms with Crippen LogP contribution in [-0.2, 0) is 32.7 Å². The Bertz CT molecular complexity index is 858. The molecule has 0 radical (unpaired) electrons. The van der Waals surface area contributed by atoms with E-state index in [1.54, 1.807) is 12.1 Å². The van der Waals surface area contributed by atoms with Crippen molar-refractivity contribution in [2.24, 2.45) is 10.2 Å². The number of anilines is 1. The van der Waals surface area contributed by atoms with E-state index < -0.39 is 6.03 Å². The van der Waals surface area contributed by atoms with Crippen LogP contribution in [-0.4, -0.2) is 11.1 Å². The molecular formula is C20H19HgN4O2. The van der Waals surface area contributed by atoms with E-state index in [1.165, 1.54) is 3.07 Å². The average Bonchev–Trinajstić information content (AvgIpc) is 2.73. The molecule has 27 heavy (non-hydrogen) atoms. The number of nitrogens with zero attached hydrogens (tertiary/aromatic N) is 2. The SMILES string of the molecule is O=C(N=Nc1ccccc1)NNc1ccccc1.OCc1cccc[c]1[Hg]. The summed E-state index contributed by atoms with van der Waals surface area (Å²) in [6.45, 7) is 0.194. The van der Waals surface area contributed by atoms with Crippen LogP contribution in [0, 0.1) is 0 Å². The minimum absolute atomic E-state index is 0.194. The van der Waals surface area contributed by atoms with Crippen molar-refractivity contribution < 1.29 is 36.0 Å². The van der Waals surface area contributed by atoms with Crippen molar-refractivity contribution in [1.82, 2.24) is 5.43 Å². The number of aliphatic hydroxyl groups excluding tert-OH is 1. The predicted molar refractivity (Wildman–Crippen MR) is 102 cm³/mol. The molecule has 7 heteroatoms. The van der Waals surface area contributed by atoms with Crippen LogP contribution in [0.3, 0.4) is 0 Å². The first-order valence-corrected chi connectivity index (χ1v) is 11.0. The molecule has 3 aromatic carbocycles. The molecule has 2 amide bonds. The zero-order valence-corrected chi connectivity index (χ0v) is 20.2. The summed E-state index contributed by atoms with van der Waals surface area (Å²) in [5, 5.41) is 16.1. The third-order valence-electron chi connectivity index (χ3n) is 3.39. The number of nitrogens with one attached hydrogen (secondary N) is 2. The molecule has 0 atom stereocenters. The minimum atomic E-state index is -0.553. The van der Waals surface area contributed by atoms with Crippen LogP contribution in [0.15, 0.2) is 95.2 Å². The molecule has 0 bridgehead atoms. The molecule has 0 aromatic heterocycles. The summed E-state index contributed by atoms with van der Waals surface area (Å²) in [6.07, 6.45) is 0. The number of rotatable bonds is 4. The summed E-state index contributed by atoms with van der Waals surface area (Å²) in [4.78, 5) is 11.4. The van der Waals surface area contributed by atoms with Gasteiger partial charge in [-0.25, -0.2) is 10.2 Å². The molecule has 0 saturated carbocycles. The van der Waals surface area contributed by atoms with E-state index in [-0.39, 0.29) is 6.61 Å². The van der Waals surface area contributed by atoms with E-state index in [1.807, 2.05) is 66.7 Å². The molecule has 133 valence electrons. The molecule has 6 nitrogen and oxygen atoms in total. The number of para-hydroxylation sites is 1. The first-order chi connectivity index (χ1) is 13.2. The Balaban J connectivity index is 0.000000244. The van der Waals surface area contributed by atoms with E-state index in [4.69, 9.17) is 5.11 Å².